The van der Waals surface area contributed by atoms with Crippen LogP contribution in [0.5, 0.6) is 0 Å². The van der Waals surface area contributed by atoms with E-state index in [1.54, 1.807) is 0 Å². The van der Waals surface area contributed by atoms with Crippen LogP contribution in [0.15, 0.2) is 52.6 Å². The first-order valence-electron chi connectivity index (χ1n) is 12.8. The summed E-state index contributed by atoms with van der Waals surface area (Å²) in [5.74, 6) is 2.02. The van der Waals surface area contributed by atoms with Gasteiger partial charge < -0.3 is 20.0 Å². The summed E-state index contributed by atoms with van der Waals surface area (Å²) in [6, 6.07) is 10.2. The van der Waals surface area contributed by atoms with Crippen LogP contribution in [0.25, 0.3) is 5.57 Å². The van der Waals surface area contributed by atoms with Gasteiger partial charge in [-0.15, -0.1) is 10.2 Å². The molecule has 3 aromatic rings. The molecule has 1 aliphatic carbocycles. The summed E-state index contributed by atoms with van der Waals surface area (Å²) < 4.78 is 5.62. The molecule has 0 radical (unpaired) electrons. The summed E-state index contributed by atoms with van der Waals surface area (Å²) in [7, 11) is 0. The van der Waals surface area contributed by atoms with E-state index in [1.807, 2.05) is 50.4 Å². The molecule has 0 saturated carbocycles. The first-order chi connectivity index (χ1) is 18.5. The Hall–Kier alpha value is -4.52. The lowest BCUT2D eigenvalue weighted by atomic mass is 9.94. The highest BCUT2D eigenvalue weighted by Gasteiger charge is 2.25. The number of nitrogens with one attached hydrogen (secondary N) is 2. The van der Waals surface area contributed by atoms with E-state index >= 15 is 0 Å². The Morgan fingerprint density at radius 1 is 1.13 bits per heavy atom. The Bertz CT molecular complexity index is 1410. The van der Waals surface area contributed by atoms with E-state index in [-0.39, 0.29) is 12.5 Å². The Labute approximate surface area is 221 Å². The molecular weight excluding hydrogens is 480 g/mol. The van der Waals surface area contributed by atoms with Crippen LogP contribution < -0.4 is 15.5 Å². The Balaban J connectivity index is 1.21. The average molecular weight is 511 g/mol. The van der Waals surface area contributed by atoms with Gasteiger partial charge in [-0.3, -0.25) is 4.79 Å². The molecule has 0 bridgehead atoms. The lowest BCUT2D eigenvalue weighted by Gasteiger charge is -2.32. The van der Waals surface area contributed by atoms with Crippen LogP contribution in [0.3, 0.4) is 0 Å². The molecule has 1 fully saturated rings. The third-order valence-corrected chi connectivity index (χ3v) is 6.92. The number of amides is 1. The van der Waals surface area contributed by atoms with Gasteiger partial charge in [-0.1, -0.05) is 12.2 Å². The normalized spacial score (nSPS) is 15.9. The number of piperidine rings is 1. The van der Waals surface area contributed by atoms with Crippen molar-refractivity contribution in [3.63, 3.8) is 0 Å². The quantitative estimate of drug-likeness (QED) is 0.445. The molecule has 5 rings (SSSR count). The van der Waals surface area contributed by atoms with Gasteiger partial charge >= 0.3 is 0 Å². The third kappa shape index (κ3) is 5.72. The zero-order valence-corrected chi connectivity index (χ0v) is 21.6. The van der Waals surface area contributed by atoms with Gasteiger partial charge in [0.15, 0.2) is 0 Å². The minimum atomic E-state index is -0.196. The van der Waals surface area contributed by atoms with E-state index in [0.29, 0.717) is 36.2 Å². The molecule has 38 heavy (non-hydrogen) atoms. The van der Waals surface area contributed by atoms with Crippen molar-refractivity contribution in [2.24, 2.45) is 0 Å². The fraction of sp³-hybridized carbons (Fsp3) is 0.357. The van der Waals surface area contributed by atoms with Gasteiger partial charge in [-0.2, -0.15) is 5.26 Å². The van der Waals surface area contributed by atoms with Crippen molar-refractivity contribution in [2.75, 3.05) is 29.9 Å². The van der Waals surface area contributed by atoms with Gasteiger partial charge in [0, 0.05) is 49.1 Å². The van der Waals surface area contributed by atoms with Gasteiger partial charge in [-0.05, 0) is 68.0 Å². The molecule has 0 atom stereocenters. The van der Waals surface area contributed by atoms with Crippen molar-refractivity contribution in [3.8, 4) is 6.07 Å². The van der Waals surface area contributed by atoms with E-state index in [1.165, 1.54) is 5.69 Å². The number of hydrogen-bond acceptors (Lipinski definition) is 9. The second-order valence-electron chi connectivity index (χ2n) is 9.54. The number of benzene rings is 1. The number of carbonyl (C=O) groups excluding carboxylic acids is 1. The van der Waals surface area contributed by atoms with Gasteiger partial charge in [0.2, 0.25) is 23.6 Å². The van der Waals surface area contributed by atoms with Crippen molar-refractivity contribution in [3.05, 3.63) is 71.2 Å². The average Bonchev–Trinajstić information content (AvgIpc) is 3.39. The Morgan fingerprint density at radius 2 is 1.92 bits per heavy atom. The zero-order valence-electron chi connectivity index (χ0n) is 21.6. The number of nitriles is 1. The number of anilines is 3. The first-order valence-corrected chi connectivity index (χ1v) is 12.8. The number of aromatic nitrogens is 4. The lowest BCUT2D eigenvalue weighted by Crippen LogP contribution is -2.32. The van der Waals surface area contributed by atoms with Crippen molar-refractivity contribution >= 4 is 28.8 Å². The van der Waals surface area contributed by atoms with Crippen molar-refractivity contribution < 1.29 is 9.21 Å². The summed E-state index contributed by atoms with van der Waals surface area (Å²) >= 11 is 0. The van der Waals surface area contributed by atoms with Crippen LogP contribution in [0.4, 0.5) is 17.3 Å². The molecular formula is C28H30N8O2. The number of carbonyl (C=O) groups is 1. The van der Waals surface area contributed by atoms with Crippen LogP contribution in [-0.4, -0.2) is 45.7 Å². The maximum Gasteiger partial charge on any atom is 0.248 e. The zero-order chi connectivity index (χ0) is 26.5. The molecule has 10 heteroatoms. The highest BCUT2D eigenvalue weighted by molar-refractivity contribution is 5.95. The maximum atomic E-state index is 12.1. The van der Waals surface area contributed by atoms with Gasteiger partial charge in [0.1, 0.15) is 6.54 Å². The molecule has 1 aromatic carbocycles. The summed E-state index contributed by atoms with van der Waals surface area (Å²) in [5.41, 5.74) is 5.65. The minimum Gasteiger partial charge on any atom is -0.425 e. The van der Waals surface area contributed by atoms with Crippen molar-refractivity contribution in [1.29, 1.82) is 5.26 Å². The van der Waals surface area contributed by atoms with E-state index in [4.69, 9.17) is 14.7 Å². The second kappa shape index (κ2) is 11.3. The van der Waals surface area contributed by atoms with E-state index in [9.17, 15) is 4.79 Å². The highest BCUT2D eigenvalue weighted by Crippen LogP contribution is 2.31. The number of hydrogen-bond donors (Lipinski definition) is 2. The SMILES string of the molecule is Cc1nnc(C2CCN(c3ccc(Nc4ncc(C)c(C5=CC=C(C(=O)NCC#N)CC5)n4)cc3)CC2)o1. The predicted molar refractivity (Wildman–Crippen MR) is 144 cm³/mol. The number of aryl methyl sites for hydroxylation is 2. The van der Waals surface area contributed by atoms with Crippen molar-refractivity contribution in [1.82, 2.24) is 25.5 Å². The molecule has 1 amide bonds. The molecule has 0 spiro atoms. The van der Waals surface area contributed by atoms with E-state index in [0.717, 1.165) is 54.3 Å². The van der Waals surface area contributed by atoms with Crippen LogP contribution in [0.2, 0.25) is 0 Å². The van der Waals surface area contributed by atoms with Gasteiger partial charge in [0.25, 0.3) is 0 Å². The van der Waals surface area contributed by atoms with E-state index in [2.05, 4.69) is 42.8 Å². The monoisotopic (exact) mass is 510 g/mol. The number of rotatable bonds is 7. The number of allylic oxidation sites excluding steroid dienone is 3. The fourth-order valence-corrected chi connectivity index (χ4v) is 4.83. The molecule has 2 N–H and O–H groups in total. The molecule has 1 saturated heterocycles. The first kappa shape index (κ1) is 25.1. The summed E-state index contributed by atoms with van der Waals surface area (Å²) in [4.78, 5) is 23.7. The predicted octanol–water partition coefficient (Wildman–Crippen LogP) is 4.35. The summed E-state index contributed by atoms with van der Waals surface area (Å²) in [5, 5.41) is 22.7. The van der Waals surface area contributed by atoms with Crippen LogP contribution in [-0.2, 0) is 4.79 Å². The third-order valence-electron chi connectivity index (χ3n) is 6.92. The fourth-order valence-electron chi connectivity index (χ4n) is 4.83. The molecule has 0 unspecified atom stereocenters. The van der Waals surface area contributed by atoms with Gasteiger partial charge in [-0.25, -0.2) is 9.97 Å². The molecule has 194 valence electrons. The van der Waals surface area contributed by atoms with E-state index < -0.39 is 0 Å². The smallest absolute Gasteiger partial charge is 0.248 e. The molecule has 10 nitrogen and oxygen atoms in total. The lowest BCUT2D eigenvalue weighted by molar-refractivity contribution is -0.117. The molecule has 2 aromatic heterocycles. The van der Waals surface area contributed by atoms with Crippen LogP contribution >= 0.6 is 0 Å². The van der Waals surface area contributed by atoms with Crippen molar-refractivity contribution in [2.45, 2.75) is 45.4 Å². The maximum absolute atomic E-state index is 12.1. The van der Waals surface area contributed by atoms with Gasteiger partial charge in [0.05, 0.1) is 11.8 Å². The Kier molecular flexibility index (Phi) is 7.45. The largest absolute Gasteiger partial charge is 0.425 e. The molecule has 2 aliphatic rings. The summed E-state index contributed by atoms with van der Waals surface area (Å²) in [6.07, 6.45) is 8.82. The molecule has 3 heterocycles. The van der Waals surface area contributed by atoms with Crippen LogP contribution in [0, 0.1) is 25.2 Å². The molecule has 1 aliphatic heterocycles. The number of nitrogens with zero attached hydrogens (tertiary/aromatic N) is 6. The minimum absolute atomic E-state index is 0.00737. The standard InChI is InChI=1S/C28H30N8O2/c1-18-17-31-28(33-25(18)20-3-5-21(6-4-20)26(37)30-14-13-29)32-23-7-9-24(10-8-23)36-15-11-22(12-16-36)27-35-34-19(2)38-27/h3,5,7-10,17,22H,4,6,11-12,14-16H2,1-2H3,(H,30,37)(H,31,32,33). The Morgan fingerprint density at radius 3 is 2.58 bits per heavy atom. The highest BCUT2D eigenvalue weighted by atomic mass is 16.4. The topological polar surface area (TPSA) is 133 Å². The summed E-state index contributed by atoms with van der Waals surface area (Å²) in [6.45, 7) is 5.69. The second-order valence-corrected chi connectivity index (χ2v) is 9.54. The van der Waals surface area contributed by atoms with Crippen LogP contribution in [0.1, 0.15) is 54.6 Å².